The molecule has 0 aromatic carbocycles. The molecule has 3 nitrogen and oxygen atoms in total. The summed E-state index contributed by atoms with van der Waals surface area (Å²) < 4.78 is 0. The largest absolute Gasteiger partial charge is 0.330 e. The van der Waals surface area contributed by atoms with E-state index in [-0.39, 0.29) is 0 Å². The third-order valence-electron chi connectivity index (χ3n) is 2.60. The van der Waals surface area contributed by atoms with E-state index < -0.39 is 0 Å². The molecule has 0 radical (unpaired) electrons. The zero-order chi connectivity index (χ0) is 9.52. The monoisotopic (exact) mass is 185 g/mol. The molecule has 1 heterocycles. The fourth-order valence-corrected chi connectivity index (χ4v) is 1.87. The van der Waals surface area contributed by atoms with Gasteiger partial charge in [0.2, 0.25) is 0 Å². The smallest absolute Gasteiger partial charge is 0.0166 e. The van der Waals surface area contributed by atoms with E-state index in [0.29, 0.717) is 6.04 Å². The lowest BCUT2D eigenvalue weighted by Gasteiger charge is -2.21. The van der Waals surface area contributed by atoms with E-state index in [1.54, 1.807) is 0 Å². The topological polar surface area (TPSA) is 41.3 Å². The van der Waals surface area contributed by atoms with Crippen LogP contribution in [0.25, 0.3) is 0 Å². The van der Waals surface area contributed by atoms with Crippen LogP contribution in [0, 0.1) is 0 Å². The molecule has 0 spiro atoms. The Hall–Kier alpha value is -0.120. The summed E-state index contributed by atoms with van der Waals surface area (Å²) in [5.74, 6) is 0. The molecule has 78 valence electrons. The maximum Gasteiger partial charge on any atom is 0.0166 e. The van der Waals surface area contributed by atoms with E-state index in [0.717, 1.165) is 19.5 Å². The molecular weight excluding hydrogens is 162 g/mol. The van der Waals surface area contributed by atoms with Gasteiger partial charge in [-0.25, -0.2) is 0 Å². The van der Waals surface area contributed by atoms with Crippen LogP contribution in [0.1, 0.15) is 26.2 Å². The van der Waals surface area contributed by atoms with Gasteiger partial charge in [-0.3, -0.25) is 0 Å². The van der Waals surface area contributed by atoms with E-state index >= 15 is 0 Å². The average molecular weight is 185 g/mol. The second-order valence-corrected chi connectivity index (χ2v) is 4.01. The molecule has 1 aliphatic heterocycles. The Labute approximate surface area is 81.7 Å². The SMILES string of the molecule is CC(CN1CCCC1)NCCCN. The third-order valence-corrected chi connectivity index (χ3v) is 2.60. The normalized spacial score (nSPS) is 20.8. The Morgan fingerprint density at radius 1 is 1.38 bits per heavy atom. The zero-order valence-corrected chi connectivity index (χ0v) is 8.76. The number of nitrogens with one attached hydrogen (secondary N) is 1. The number of hydrogen-bond acceptors (Lipinski definition) is 3. The van der Waals surface area contributed by atoms with Crippen molar-refractivity contribution in [2.24, 2.45) is 5.73 Å². The number of hydrogen-bond donors (Lipinski definition) is 2. The van der Waals surface area contributed by atoms with Crippen LogP contribution < -0.4 is 11.1 Å². The summed E-state index contributed by atoms with van der Waals surface area (Å²) in [6.45, 7) is 7.90. The summed E-state index contributed by atoms with van der Waals surface area (Å²) in [7, 11) is 0. The van der Waals surface area contributed by atoms with Crippen molar-refractivity contribution in [2.45, 2.75) is 32.2 Å². The Morgan fingerprint density at radius 2 is 2.08 bits per heavy atom. The van der Waals surface area contributed by atoms with Gasteiger partial charge in [-0.2, -0.15) is 0 Å². The second kappa shape index (κ2) is 6.35. The van der Waals surface area contributed by atoms with Gasteiger partial charge in [-0.1, -0.05) is 0 Å². The number of likely N-dealkylation sites (tertiary alicyclic amines) is 1. The molecule has 3 N–H and O–H groups in total. The molecule has 0 saturated carbocycles. The van der Waals surface area contributed by atoms with Gasteiger partial charge in [0.25, 0.3) is 0 Å². The number of nitrogens with two attached hydrogens (primary N) is 1. The minimum Gasteiger partial charge on any atom is -0.330 e. The summed E-state index contributed by atoms with van der Waals surface area (Å²) in [5.41, 5.74) is 5.43. The van der Waals surface area contributed by atoms with Gasteiger partial charge in [-0.15, -0.1) is 0 Å². The highest BCUT2D eigenvalue weighted by atomic mass is 15.2. The van der Waals surface area contributed by atoms with Gasteiger partial charge in [-0.05, 0) is 52.4 Å². The van der Waals surface area contributed by atoms with Crippen molar-refractivity contribution in [3.8, 4) is 0 Å². The summed E-state index contributed by atoms with van der Waals surface area (Å²) in [6.07, 6.45) is 3.86. The number of rotatable bonds is 6. The Balaban J connectivity index is 1.99. The molecule has 1 rings (SSSR count). The quantitative estimate of drug-likeness (QED) is 0.589. The van der Waals surface area contributed by atoms with Gasteiger partial charge in [0, 0.05) is 12.6 Å². The van der Waals surface area contributed by atoms with Crippen LogP contribution in [0.2, 0.25) is 0 Å². The highest BCUT2D eigenvalue weighted by Crippen LogP contribution is 2.07. The molecule has 1 unspecified atom stereocenters. The maximum atomic E-state index is 5.43. The van der Waals surface area contributed by atoms with Gasteiger partial charge in [0.1, 0.15) is 0 Å². The molecule has 1 aliphatic rings. The highest BCUT2D eigenvalue weighted by molar-refractivity contribution is 4.72. The van der Waals surface area contributed by atoms with E-state index in [4.69, 9.17) is 5.73 Å². The first-order chi connectivity index (χ1) is 6.33. The summed E-state index contributed by atoms with van der Waals surface area (Å²) in [6, 6.07) is 0.615. The van der Waals surface area contributed by atoms with E-state index in [9.17, 15) is 0 Å². The lowest BCUT2D eigenvalue weighted by atomic mass is 10.3. The van der Waals surface area contributed by atoms with Crippen molar-refractivity contribution in [3.05, 3.63) is 0 Å². The Morgan fingerprint density at radius 3 is 2.69 bits per heavy atom. The lowest BCUT2D eigenvalue weighted by molar-refractivity contribution is 0.299. The zero-order valence-electron chi connectivity index (χ0n) is 8.76. The molecule has 3 heteroatoms. The molecule has 0 aliphatic carbocycles. The fourth-order valence-electron chi connectivity index (χ4n) is 1.87. The second-order valence-electron chi connectivity index (χ2n) is 4.01. The van der Waals surface area contributed by atoms with Crippen molar-refractivity contribution in [1.29, 1.82) is 0 Å². The standard InChI is InChI=1S/C10H23N3/c1-10(12-6-4-5-11)9-13-7-2-3-8-13/h10,12H,2-9,11H2,1H3. The first-order valence-electron chi connectivity index (χ1n) is 5.48. The molecule has 13 heavy (non-hydrogen) atoms. The van der Waals surface area contributed by atoms with Gasteiger partial charge in [0.05, 0.1) is 0 Å². The van der Waals surface area contributed by atoms with Crippen LogP contribution in [0.5, 0.6) is 0 Å². The van der Waals surface area contributed by atoms with Crippen molar-refractivity contribution in [2.75, 3.05) is 32.7 Å². The fraction of sp³-hybridized carbons (Fsp3) is 1.00. The Kier molecular flexibility index (Phi) is 5.35. The van der Waals surface area contributed by atoms with Crippen LogP contribution in [-0.2, 0) is 0 Å². The minimum atomic E-state index is 0.615. The van der Waals surface area contributed by atoms with E-state index in [1.807, 2.05) is 0 Å². The van der Waals surface area contributed by atoms with Crippen LogP contribution in [0.4, 0.5) is 0 Å². The van der Waals surface area contributed by atoms with Crippen LogP contribution in [0.3, 0.4) is 0 Å². The predicted octanol–water partition coefficient (Wildman–Crippen LogP) is 0.409. The summed E-state index contributed by atoms with van der Waals surface area (Å²) in [5, 5.41) is 3.49. The van der Waals surface area contributed by atoms with Gasteiger partial charge >= 0.3 is 0 Å². The molecule has 0 aromatic heterocycles. The third kappa shape index (κ3) is 4.60. The molecule has 1 fully saturated rings. The first-order valence-corrected chi connectivity index (χ1v) is 5.48. The van der Waals surface area contributed by atoms with Crippen LogP contribution in [0.15, 0.2) is 0 Å². The molecule has 1 saturated heterocycles. The van der Waals surface area contributed by atoms with Crippen molar-refractivity contribution in [1.82, 2.24) is 10.2 Å². The maximum absolute atomic E-state index is 5.43. The van der Waals surface area contributed by atoms with Crippen molar-refractivity contribution < 1.29 is 0 Å². The predicted molar refractivity (Wildman–Crippen MR) is 56.8 cm³/mol. The average Bonchev–Trinajstić information content (AvgIpc) is 2.57. The van der Waals surface area contributed by atoms with Crippen molar-refractivity contribution in [3.63, 3.8) is 0 Å². The highest BCUT2D eigenvalue weighted by Gasteiger charge is 2.13. The number of nitrogens with zero attached hydrogens (tertiary/aromatic N) is 1. The molecule has 0 aromatic rings. The first kappa shape index (κ1) is 11.0. The van der Waals surface area contributed by atoms with Gasteiger partial charge < -0.3 is 16.0 Å². The molecule has 1 atom stereocenters. The minimum absolute atomic E-state index is 0.615. The van der Waals surface area contributed by atoms with Crippen molar-refractivity contribution >= 4 is 0 Å². The molecular formula is C10H23N3. The van der Waals surface area contributed by atoms with E-state index in [2.05, 4.69) is 17.1 Å². The van der Waals surface area contributed by atoms with Crippen LogP contribution in [-0.4, -0.2) is 43.7 Å². The van der Waals surface area contributed by atoms with Gasteiger partial charge in [0.15, 0.2) is 0 Å². The van der Waals surface area contributed by atoms with E-state index in [1.165, 1.54) is 32.5 Å². The Bertz CT molecular complexity index is 121. The lowest BCUT2D eigenvalue weighted by Crippen LogP contribution is -2.38. The summed E-state index contributed by atoms with van der Waals surface area (Å²) in [4.78, 5) is 2.54. The van der Waals surface area contributed by atoms with Crippen LogP contribution >= 0.6 is 0 Å². The molecule has 0 bridgehead atoms. The molecule has 0 amide bonds. The summed E-state index contributed by atoms with van der Waals surface area (Å²) >= 11 is 0.